The second-order valence-electron chi connectivity index (χ2n) is 5.24. The van der Waals surface area contributed by atoms with Gasteiger partial charge in [0.2, 0.25) is 0 Å². The Bertz CT molecular complexity index is 343. The molecule has 0 radical (unpaired) electrons. The molecule has 1 unspecified atom stereocenters. The lowest BCUT2D eigenvalue weighted by molar-refractivity contribution is 0.248. The first-order valence-electron chi connectivity index (χ1n) is 7.08. The summed E-state index contributed by atoms with van der Waals surface area (Å²) < 4.78 is 2.02. The topological polar surface area (TPSA) is 46.0 Å². The second-order valence-corrected chi connectivity index (χ2v) is 5.24. The smallest absolute Gasteiger partial charge is 0.140 e. The fourth-order valence-electron chi connectivity index (χ4n) is 2.57. The third-order valence-corrected chi connectivity index (χ3v) is 3.49. The summed E-state index contributed by atoms with van der Waals surface area (Å²) in [5.41, 5.74) is 0. The Kier molecular flexibility index (Phi) is 5.13. The van der Waals surface area contributed by atoms with Crippen LogP contribution in [0.15, 0.2) is 6.33 Å². The van der Waals surface area contributed by atoms with Gasteiger partial charge in [-0.2, -0.15) is 5.10 Å². The van der Waals surface area contributed by atoms with Crippen molar-refractivity contribution >= 4 is 0 Å². The SMILES string of the molecule is CCCn1ncnc1CN(C)CC1CCCCN1. The number of rotatable bonds is 6. The third kappa shape index (κ3) is 3.78. The molecule has 0 spiro atoms. The Morgan fingerprint density at radius 3 is 3.11 bits per heavy atom. The van der Waals surface area contributed by atoms with E-state index in [2.05, 4.69) is 34.3 Å². The van der Waals surface area contributed by atoms with Gasteiger partial charge in [-0.3, -0.25) is 4.90 Å². The summed E-state index contributed by atoms with van der Waals surface area (Å²) in [5, 5.41) is 7.85. The maximum Gasteiger partial charge on any atom is 0.140 e. The number of hydrogen-bond acceptors (Lipinski definition) is 4. The van der Waals surface area contributed by atoms with Crippen LogP contribution < -0.4 is 5.32 Å². The van der Waals surface area contributed by atoms with E-state index < -0.39 is 0 Å². The predicted molar refractivity (Wildman–Crippen MR) is 72.3 cm³/mol. The minimum Gasteiger partial charge on any atom is -0.313 e. The first-order valence-corrected chi connectivity index (χ1v) is 7.08. The maximum absolute atomic E-state index is 4.36. The molecule has 5 heteroatoms. The summed E-state index contributed by atoms with van der Waals surface area (Å²) in [7, 11) is 2.17. The van der Waals surface area contributed by atoms with Gasteiger partial charge in [0.25, 0.3) is 0 Å². The molecule has 1 aromatic heterocycles. The fraction of sp³-hybridized carbons (Fsp3) is 0.846. The van der Waals surface area contributed by atoms with Gasteiger partial charge in [-0.1, -0.05) is 13.3 Å². The highest BCUT2D eigenvalue weighted by atomic mass is 15.3. The van der Waals surface area contributed by atoms with Crippen molar-refractivity contribution < 1.29 is 0 Å². The molecule has 0 saturated carbocycles. The average molecular weight is 251 g/mol. The van der Waals surface area contributed by atoms with Crippen LogP contribution in [0.25, 0.3) is 0 Å². The van der Waals surface area contributed by atoms with E-state index in [1.54, 1.807) is 6.33 Å². The molecule has 5 nitrogen and oxygen atoms in total. The Balaban J connectivity index is 1.82. The first kappa shape index (κ1) is 13.5. The molecule has 1 aromatic rings. The Morgan fingerprint density at radius 1 is 1.50 bits per heavy atom. The lowest BCUT2D eigenvalue weighted by Crippen LogP contribution is -2.42. The minimum atomic E-state index is 0.645. The summed E-state index contributed by atoms with van der Waals surface area (Å²) in [6.07, 6.45) is 6.75. The van der Waals surface area contributed by atoms with Crippen LogP contribution in [0.1, 0.15) is 38.4 Å². The highest BCUT2D eigenvalue weighted by Gasteiger charge is 2.15. The van der Waals surface area contributed by atoms with E-state index in [0.29, 0.717) is 6.04 Å². The lowest BCUT2D eigenvalue weighted by atomic mass is 10.0. The molecule has 1 atom stereocenters. The van der Waals surface area contributed by atoms with Gasteiger partial charge < -0.3 is 5.32 Å². The molecular formula is C13H25N5. The number of likely N-dealkylation sites (N-methyl/N-ethyl adjacent to an activating group) is 1. The van der Waals surface area contributed by atoms with Crippen molar-refractivity contribution in [1.29, 1.82) is 0 Å². The molecule has 0 bridgehead atoms. The van der Waals surface area contributed by atoms with Crippen molar-refractivity contribution in [2.75, 3.05) is 20.1 Å². The van der Waals surface area contributed by atoms with E-state index in [-0.39, 0.29) is 0 Å². The zero-order chi connectivity index (χ0) is 12.8. The fourth-order valence-corrected chi connectivity index (χ4v) is 2.57. The Morgan fingerprint density at radius 2 is 2.39 bits per heavy atom. The predicted octanol–water partition coefficient (Wildman–Crippen LogP) is 1.26. The van der Waals surface area contributed by atoms with Crippen molar-refractivity contribution in [2.45, 2.75) is 51.7 Å². The lowest BCUT2D eigenvalue weighted by Gasteiger charge is -2.27. The summed E-state index contributed by atoms with van der Waals surface area (Å²) in [5.74, 6) is 1.08. The number of hydrogen-bond donors (Lipinski definition) is 1. The van der Waals surface area contributed by atoms with Gasteiger partial charge in [0.15, 0.2) is 0 Å². The third-order valence-electron chi connectivity index (χ3n) is 3.49. The maximum atomic E-state index is 4.36. The Labute approximate surface area is 110 Å². The van der Waals surface area contributed by atoms with Gasteiger partial charge in [-0.15, -0.1) is 0 Å². The molecule has 2 heterocycles. The highest BCUT2D eigenvalue weighted by Crippen LogP contribution is 2.09. The van der Waals surface area contributed by atoms with E-state index in [0.717, 1.165) is 31.9 Å². The van der Waals surface area contributed by atoms with E-state index in [4.69, 9.17) is 0 Å². The number of piperidine rings is 1. The standard InChI is InChI=1S/C13H25N5/c1-3-8-18-13(15-11-16-18)10-17(2)9-12-6-4-5-7-14-12/h11-12,14H,3-10H2,1-2H3. The molecule has 1 aliphatic rings. The van der Waals surface area contributed by atoms with Crippen molar-refractivity contribution in [2.24, 2.45) is 0 Å². The quantitative estimate of drug-likeness (QED) is 0.827. The van der Waals surface area contributed by atoms with Gasteiger partial charge >= 0.3 is 0 Å². The number of aryl methyl sites for hydroxylation is 1. The van der Waals surface area contributed by atoms with E-state index in [9.17, 15) is 0 Å². The van der Waals surface area contributed by atoms with Crippen molar-refractivity contribution in [3.05, 3.63) is 12.2 Å². The minimum absolute atomic E-state index is 0.645. The van der Waals surface area contributed by atoms with Crippen LogP contribution in [0.2, 0.25) is 0 Å². The molecule has 0 aliphatic carbocycles. The van der Waals surface area contributed by atoms with Crippen LogP contribution in [0.5, 0.6) is 0 Å². The molecule has 1 saturated heterocycles. The Hall–Kier alpha value is -0.940. The number of nitrogens with one attached hydrogen (secondary N) is 1. The zero-order valence-corrected chi connectivity index (χ0v) is 11.6. The average Bonchev–Trinajstić information content (AvgIpc) is 2.78. The molecule has 1 aliphatic heterocycles. The molecule has 0 amide bonds. The summed E-state index contributed by atoms with van der Waals surface area (Å²) in [6, 6.07) is 0.645. The van der Waals surface area contributed by atoms with Crippen LogP contribution in [-0.2, 0) is 13.1 Å². The summed E-state index contributed by atoms with van der Waals surface area (Å²) in [4.78, 5) is 6.70. The van der Waals surface area contributed by atoms with E-state index >= 15 is 0 Å². The van der Waals surface area contributed by atoms with Crippen LogP contribution in [0, 0.1) is 0 Å². The monoisotopic (exact) mass is 251 g/mol. The van der Waals surface area contributed by atoms with E-state index in [1.165, 1.54) is 25.8 Å². The number of aromatic nitrogens is 3. The van der Waals surface area contributed by atoms with Crippen LogP contribution in [0.3, 0.4) is 0 Å². The molecule has 0 aromatic carbocycles. The van der Waals surface area contributed by atoms with Gasteiger partial charge in [-0.05, 0) is 32.9 Å². The largest absolute Gasteiger partial charge is 0.313 e. The zero-order valence-electron chi connectivity index (χ0n) is 11.6. The molecule has 102 valence electrons. The molecular weight excluding hydrogens is 226 g/mol. The van der Waals surface area contributed by atoms with Crippen molar-refractivity contribution in [1.82, 2.24) is 25.0 Å². The van der Waals surface area contributed by atoms with Gasteiger partial charge in [-0.25, -0.2) is 9.67 Å². The van der Waals surface area contributed by atoms with E-state index in [1.807, 2.05) is 4.68 Å². The summed E-state index contributed by atoms with van der Waals surface area (Å²) >= 11 is 0. The van der Waals surface area contributed by atoms with Crippen LogP contribution >= 0.6 is 0 Å². The summed E-state index contributed by atoms with van der Waals surface area (Å²) in [6.45, 7) is 6.29. The molecule has 1 N–H and O–H groups in total. The molecule has 1 fully saturated rings. The van der Waals surface area contributed by atoms with Gasteiger partial charge in [0.05, 0.1) is 6.54 Å². The van der Waals surface area contributed by atoms with Gasteiger partial charge in [0.1, 0.15) is 12.2 Å². The normalized spacial score (nSPS) is 20.5. The van der Waals surface area contributed by atoms with Crippen molar-refractivity contribution in [3.63, 3.8) is 0 Å². The van der Waals surface area contributed by atoms with Crippen LogP contribution in [0.4, 0.5) is 0 Å². The number of nitrogens with zero attached hydrogens (tertiary/aromatic N) is 4. The van der Waals surface area contributed by atoms with Crippen molar-refractivity contribution in [3.8, 4) is 0 Å². The first-order chi connectivity index (χ1) is 8.79. The molecule has 18 heavy (non-hydrogen) atoms. The van der Waals surface area contributed by atoms with Gasteiger partial charge in [0, 0.05) is 19.1 Å². The highest BCUT2D eigenvalue weighted by molar-refractivity contribution is 4.85. The second kappa shape index (κ2) is 6.85. The van der Waals surface area contributed by atoms with Crippen LogP contribution in [-0.4, -0.2) is 45.8 Å². The molecule has 2 rings (SSSR count).